The number of benzene rings is 2. The Morgan fingerprint density at radius 3 is 2.45 bits per heavy atom. The first-order chi connectivity index (χ1) is 13.8. The molecule has 2 aliphatic rings. The van der Waals surface area contributed by atoms with Crippen molar-refractivity contribution in [2.75, 3.05) is 7.11 Å². The second-order valence-corrected chi connectivity index (χ2v) is 8.29. The zero-order chi connectivity index (χ0) is 20.8. The lowest BCUT2D eigenvalue weighted by Crippen LogP contribution is -2.48. The van der Waals surface area contributed by atoms with Crippen molar-refractivity contribution in [3.05, 3.63) is 64.1 Å². The van der Waals surface area contributed by atoms with Gasteiger partial charge in [0.25, 0.3) is 5.91 Å². The van der Waals surface area contributed by atoms with Gasteiger partial charge in [0.1, 0.15) is 11.6 Å². The number of hydrogen-bond acceptors (Lipinski definition) is 3. The SMILES string of the molecule is COC1CCC2(CC1)NC(=O)C(c1cc(-c3ccc(Cl)cc3)c(F)cc1C)=C2O. The van der Waals surface area contributed by atoms with Gasteiger partial charge in [-0.2, -0.15) is 0 Å². The molecular weight excluding hydrogens is 393 g/mol. The highest BCUT2D eigenvalue weighted by Gasteiger charge is 2.48. The average molecular weight is 416 g/mol. The Labute approximate surface area is 174 Å². The van der Waals surface area contributed by atoms with Crippen molar-refractivity contribution in [3.8, 4) is 11.1 Å². The molecule has 2 aromatic rings. The van der Waals surface area contributed by atoms with E-state index in [0.717, 1.165) is 12.8 Å². The van der Waals surface area contributed by atoms with Crippen LogP contribution < -0.4 is 5.32 Å². The summed E-state index contributed by atoms with van der Waals surface area (Å²) >= 11 is 5.94. The van der Waals surface area contributed by atoms with E-state index in [-0.39, 0.29) is 29.2 Å². The quantitative estimate of drug-likeness (QED) is 0.726. The Hall–Kier alpha value is -2.37. The van der Waals surface area contributed by atoms with E-state index in [1.54, 1.807) is 44.4 Å². The summed E-state index contributed by atoms with van der Waals surface area (Å²) in [5.74, 6) is -0.661. The molecule has 0 atom stereocenters. The highest BCUT2D eigenvalue weighted by atomic mass is 35.5. The van der Waals surface area contributed by atoms with E-state index in [0.29, 0.717) is 40.1 Å². The molecule has 1 spiro atoms. The Morgan fingerprint density at radius 2 is 1.83 bits per heavy atom. The number of methoxy groups -OCH3 is 1. The lowest BCUT2D eigenvalue weighted by Gasteiger charge is -2.36. The number of aryl methyl sites for hydroxylation is 1. The van der Waals surface area contributed by atoms with E-state index < -0.39 is 5.54 Å². The zero-order valence-corrected chi connectivity index (χ0v) is 17.1. The summed E-state index contributed by atoms with van der Waals surface area (Å²) in [7, 11) is 1.68. The number of halogens is 2. The first-order valence-electron chi connectivity index (χ1n) is 9.70. The van der Waals surface area contributed by atoms with E-state index in [9.17, 15) is 14.3 Å². The van der Waals surface area contributed by atoms with Crippen LogP contribution in [-0.4, -0.2) is 29.8 Å². The van der Waals surface area contributed by atoms with Crippen LogP contribution in [-0.2, 0) is 9.53 Å². The molecule has 29 heavy (non-hydrogen) atoms. The van der Waals surface area contributed by atoms with Crippen molar-refractivity contribution >= 4 is 23.1 Å². The predicted octanol–water partition coefficient (Wildman–Crippen LogP) is 5.18. The second-order valence-electron chi connectivity index (χ2n) is 7.85. The standard InChI is InChI=1S/C23H23ClFNO3/c1-13-11-19(25)18(14-3-5-15(24)6-4-14)12-17(13)20-21(27)23(26-22(20)28)9-7-16(29-2)8-10-23/h3-6,11-12,16,27H,7-10H2,1-2H3,(H,26,28). The number of amides is 1. The molecule has 4 rings (SSSR count). The van der Waals surface area contributed by atoms with Crippen molar-refractivity contribution in [1.82, 2.24) is 5.32 Å². The van der Waals surface area contributed by atoms with Crippen LogP contribution in [0.5, 0.6) is 0 Å². The van der Waals surface area contributed by atoms with Crippen molar-refractivity contribution in [3.63, 3.8) is 0 Å². The summed E-state index contributed by atoms with van der Waals surface area (Å²) in [5, 5.41) is 14.6. The van der Waals surface area contributed by atoms with Crippen LogP contribution in [0.1, 0.15) is 36.8 Å². The van der Waals surface area contributed by atoms with Crippen LogP contribution in [0.15, 0.2) is 42.2 Å². The topological polar surface area (TPSA) is 58.6 Å². The van der Waals surface area contributed by atoms with Gasteiger partial charge < -0.3 is 15.2 Å². The molecule has 1 aliphatic heterocycles. The number of carbonyl (C=O) groups excluding carboxylic acids is 1. The molecule has 152 valence electrons. The number of aliphatic hydroxyl groups is 1. The maximum Gasteiger partial charge on any atom is 0.256 e. The molecular formula is C23H23ClFNO3. The summed E-state index contributed by atoms with van der Waals surface area (Å²) in [6.07, 6.45) is 2.87. The molecule has 4 nitrogen and oxygen atoms in total. The molecule has 0 aromatic heterocycles. The van der Waals surface area contributed by atoms with Gasteiger partial charge in [-0.3, -0.25) is 4.79 Å². The molecule has 2 N–H and O–H groups in total. The smallest absolute Gasteiger partial charge is 0.256 e. The largest absolute Gasteiger partial charge is 0.509 e. The maximum atomic E-state index is 14.7. The van der Waals surface area contributed by atoms with Crippen molar-refractivity contribution in [2.45, 2.75) is 44.2 Å². The van der Waals surface area contributed by atoms with Crippen molar-refractivity contribution in [2.24, 2.45) is 0 Å². The number of hydrogen-bond donors (Lipinski definition) is 2. The van der Waals surface area contributed by atoms with Crippen LogP contribution in [0.2, 0.25) is 5.02 Å². The summed E-state index contributed by atoms with van der Waals surface area (Å²) in [6, 6.07) is 9.89. The minimum absolute atomic E-state index is 0.0498. The van der Waals surface area contributed by atoms with Gasteiger partial charge >= 0.3 is 0 Å². The van der Waals surface area contributed by atoms with E-state index in [1.165, 1.54) is 6.07 Å². The van der Waals surface area contributed by atoms with Gasteiger partial charge in [0.15, 0.2) is 0 Å². The molecule has 0 bridgehead atoms. The molecule has 0 radical (unpaired) electrons. The summed E-state index contributed by atoms with van der Waals surface area (Å²) in [4.78, 5) is 12.9. The third kappa shape index (κ3) is 3.43. The molecule has 0 saturated heterocycles. The molecule has 1 saturated carbocycles. The molecule has 6 heteroatoms. The number of rotatable bonds is 3. The lowest BCUT2D eigenvalue weighted by molar-refractivity contribution is -0.116. The lowest BCUT2D eigenvalue weighted by atomic mass is 9.79. The van der Waals surface area contributed by atoms with Crippen LogP contribution in [0.4, 0.5) is 4.39 Å². The predicted molar refractivity (Wildman–Crippen MR) is 111 cm³/mol. The fraction of sp³-hybridized carbons (Fsp3) is 0.348. The number of nitrogens with one attached hydrogen (secondary N) is 1. The maximum absolute atomic E-state index is 14.7. The fourth-order valence-corrected chi connectivity index (χ4v) is 4.54. The highest BCUT2D eigenvalue weighted by Crippen LogP contribution is 2.43. The first-order valence-corrected chi connectivity index (χ1v) is 10.1. The molecule has 1 fully saturated rings. The van der Waals surface area contributed by atoms with Gasteiger partial charge in [-0.1, -0.05) is 23.7 Å². The second kappa shape index (κ2) is 7.47. The van der Waals surface area contributed by atoms with Gasteiger partial charge in [0, 0.05) is 17.7 Å². The molecule has 1 amide bonds. The highest BCUT2D eigenvalue weighted by molar-refractivity contribution is 6.30. The van der Waals surface area contributed by atoms with Crippen LogP contribution >= 0.6 is 11.6 Å². The number of carbonyl (C=O) groups is 1. The Balaban J connectivity index is 1.78. The summed E-state index contributed by atoms with van der Waals surface area (Å²) in [6.45, 7) is 1.74. The summed E-state index contributed by atoms with van der Waals surface area (Å²) in [5.41, 5.74) is 1.62. The Kier molecular flexibility index (Phi) is 5.13. The van der Waals surface area contributed by atoms with Gasteiger partial charge in [0.2, 0.25) is 0 Å². The third-order valence-corrected chi connectivity index (χ3v) is 6.38. The summed E-state index contributed by atoms with van der Waals surface area (Å²) < 4.78 is 20.1. The normalized spacial score (nSPS) is 24.3. The van der Waals surface area contributed by atoms with Gasteiger partial charge in [-0.05, 0) is 73.6 Å². The van der Waals surface area contributed by atoms with E-state index >= 15 is 0 Å². The van der Waals surface area contributed by atoms with Gasteiger partial charge in [-0.15, -0.1) is 0 Å². The van der Waals surface area contributed by atoms with E-state index in [4.69, 9.17) is 16.3 Å². The van der Waals surface area contributed by atoms with E-state index in [1.807, 2.05) is 0 Å². The molecule has 1 heterocycles. The first kappa shape index (κ1) is 19.9. The van der Waals surface area contributed by atoms with Crippen molar-refractivity contribution < 1.29 is 19.0 Å². The molecule has 1 aliphatic carbocycles. The van der Waals surface area contributed by atoms with E-state index in [2.05, 4.69) is 5.32 Å². The number of aliphatic hydroxyl groups excluding tert-OH is 1. The Morgan fingerprint density at radius 1 is 1.17 bits per heavy atom. The zero-order valence-electron chi connectivity index (χ0n) is 16.4. The minimum Gasteiger partial charge on any atom is -0.509 e. The average Bonchev–Trinajstić information content (AvgIpc) is 2.93. The van der Waals surface area contributed by atoms with Crippen LogP contribution in [0.3, 0.4) is 0 Å². The third-order valence-electron chi connectivity index (χ3n) is 6.13. The molecule has 0 unspecified atom stereocenters. The van der Waals surface area contributed by atoms with Crippen LogP contribution in [0, 0.1) is 12.7 Å². The van der Waals surface area contributed by atoms with Gasteiger partial charge in [-0.25, -0.2) is 4.39 Å². The van der Waals surface area contributed by atoms with Crippen LogP contribution in [0.25, 0.3) is 16.7 Å². The fourth-order valence-electron chi connectivity index (χ4n) is 4.41. The number of ether oxygens (including phenoxy) is 1. The Bertz CT molecular complexity index is 992. The monoisotopic (exact) mass is 415 g/mol. The van der Waals surface area contributed by atoms with Gasteiger partial charge in [0.05, 0.1) is 17.2 Å². The molecule has 2 aromatic carbocycles. The van der Waals surface area contributed by atoms with Crippen molar-refractivity contribution in [1.29, 1.82) is 0 Å². The minimum atomic E-state index is -0.761.